The molecule has 3 rings (SSSR count). The number of nitrogens with zero attached hydrogens (tertiary/aromatic N) is 2. The molecule has 0 amide bonds. The molecule has 0 aliphatic carbocycles. The summed E-state index contributed by atoms with van der Waals surface area (Å²) in [4.78, 5) is 8.15. The zero-order chi connectivity index (χ0) is 20.3. The van der Waals surface area contributed by atoms with E-state index < -0.39 is 22.6 Å². The minimum absolute atomic E-state index is 0.0624. The quantitative estimate of drug-likeness (QED) is 0.486. The fourth-order valence-corrected chi connectivity index (χ4v) is 2.95. The third kappa shape index (κ3) is 4.91. The molecule has 2 aromatic carbocycles. The van der Waals surface area contributed by atoms with Gasteiger partial charge in [-0.25, -0.2) is 14.4 Å². The van der Waals surface area contributed by atoms with Gasteiger partial charge in [-0.15, -0.1) is 0 Å². The van der Waals surface area contributed by atoms with Gasteiger partial charge in [0.1, 0.15) is 18.0 Å². The molecule has 0 saturated carbocycles. The summed E-state index contributed by atoms with van der Waals surface area (Å²) in [5, 5.41) is 2.73. The minimum Gasteiger partial charge on any atom is -0.370 e. The highest BCUT2D eigenvalue weighted by Crippen LogP contribution is 2.36. The molecule has 28 heavy (non-hydrogen) atoms. The van der Waals surface area contributed by atoms with Gasteiger partial charge in [0.2, 0.25) is 0 Å². The van der Waals surface area contributed by atoms with Gasteiger partial charge in [-0.05, 0) is 36.2 Å². The Labute approximate surface area is 168 Å². The number of aromatic nitrogens is 2. The second-order valence-corrected chi connectivity index (χ2v) is 6.72. The second kappa shape index (κ2) is 8.32. The first-order valence-electron chi connectivity index (χ1n) is 8.11. The fourth-order valence-electron chi connectivity index (χ4n) is 2.55. The van der Waals surface area contributed by atoms with Crippen molar-refractivity contribution in [2.45, 2.75) is 12.6 Å². The van der Waals surface area contributed by atoms with Crippen LogP contribution in [0.2, 0.25) is 10.0 Å². The maximum Gasteiger partial charge on any atom is 0.417 e. The minimum atomic E-state index is -4.52. The van der Waals surface area contributed by atoms with Gasteiger partial charge in [0.25, 0.3) is 0 Å². The molecule has 1 aromatic heterocycles. The normalized spacial score (nSPS) is 11.5. The summed E-state index contributed by atoms with van der Waals surface area (Å²) >= 11 is 11.4. The lowest BCUT2D eigenvalue weighted by molar-refractivity contribution is -0.137. The van der Waals surface area contributed by atoms with Gasteiger partial charge in [0.05, 0.1) is 21.3 Å². The van der Waals surface area contributed by atoms with Crippen LogP contribution in [0.1, 0.15) is 11.1 Å². The zero-order valence-electron chi connectivity index (χ0n) is 14.2. The number of nitrogens with one attached hydrogen (secondary N) is 1. The molecule has 0 aliphatic rings. The van der Waals surface area contributed by atoms with Crippen LogP contribution in [-0.2, 0) is 12.6 Å². The van der Waals surface area contributed by atoms with E-state index in [9.17, 15) is 17.6 Å². The van der Waals surface area contributed by atoms with Gasteiger partial charge in [0, 0.05) is 18.2 Å². The van der Waals surface area contributed by atoms with Crippen LogP contribution in [0.15, 0.2) is 48.8 Å². The van der Waals surface area contributed by atoms with Crippen LogP contribution in [-0.4, -0.2) is 16.5 Å². The summed E-state index contributed by atoms with van der Waals surface area (Å²) in [5.41, 5.74) is 0.715. The predicted octanol–water partition coefficient (Wildman–Crippen LogP) is 6.26. The molecule has 3 aromatic rings. The van der Waals surface area contributed by atoms with E-state index in [1.54, 1.807) is 12.1 Å². The molecule has 0 saturated heterocycles. The van der Waals surface area contributed by atoms with Crippen molar-refractivity contribution in [1.29, 1.82) is 0 Å². The molecule has 0 atom stereocenters. The summed E-state index contributed by atoms with van der Waals surface area (Å²) in [6.45, 7) is 0.464. The maximum absolute atomic E-state index is 13.5. The molecule has 3 nitrogen and oxygen atoms in total. The Balaban J connectivity index is 1.70. The SMILES string of the molecule is Fc1cc(CCNc2cc(-c3ccc(C(F)(F)F)c(Cl)c3)ncn2)ccc1Cl. The summed E-state index contributed by atoms with van der Waals surface area (Å²) in [5.74, 6) is -0.00173. The van der Waals surface area contributed by atoms with Gasteiger partial charge in [-0.1, -0.05) is 35.3 Å². The van der Waals surface area contributed by atoms with E-state index in [-0.39, 0.29) is 5.02 Å². The monoisotopic (exact) mass is 429 g/mol. The number of benzene rings is 2. The predicted molar refractivity (Wildman–Crippen MR) is 101 cm³/mol. The smallest absolute Gasteiger partial charge is 0.370 e. The Hall–Kier alpha value is -2.38. The Morgan fingerprint density at radius 2 is 1.71 bits per heavy atom. The molecule has 0 radical (unpaired) electrons. The van der Waals surface area contributed by atoms with Gasteiger partial charge in [-0.3, -0.25) is 0 Å². The second-order valence-electron chi connectivity index (χ2n) is 5.91. The van der Waals surface area contributed by atoms with Gasteiger partial charge < -0.3 is 5.32 Å². The van der Waals surface area contributed by atoms with Crippen LogP contribution in [0.25, 0.3) is 11.3 Å². The largest absolute Gasteiger partial charge is 0.417 e. The van der Waals surface area contributed by atoms with Gasteiger partial charge in [0.15, 0.2) is 0 Å². The average molecular weight is 430 g/mol. The zero-order valence-corrected chi connectivity index (χ0v) is 15.7. The lowest BCUT2D eigenvalue weighted by Crippen LogP contribution is -2.07. The number of alkyl halides is 3. The van der Waals surface area contributed by atoms with E-state index in [1.807, 2.05) is 0 Å². The van der Waals surface area contributed by atoms with Crippen molar-refractivity contribution in [3.05, 3.63) is 75.8 Å². The van der Waals surface area contributed by atoms with Crippen molar-refractivity contribution >= 4 is 29.0 Å². The van der Waals surface area contributed by atoms with E-state index in [2.05, 4.69) is 15.3 Å². The first kappa shape index (κ1) is 20.4. The van der Waals surface area contributed by atoms with Crippen LogP contribution in [0.5, 0.6) is 0 Å². The highest BCUT2D eigenvalue weighted by Gasteiger charge is 2.33. The Morgan fingerprint density at radius 3 is 2.39 bits per heavy atom. The van der Waals surface area contributed by atoms with Crippen LogP contribution in [0, 0.1) is 5.82 Å². The lowest BCUT2D eigenvalue weighted by Gasteiger charge is -2.11. The maximum atomic E-state index is 13.5. The summed E-state index contributed by atoms with van der Waals surface area (Å²) in [7, 11) is 0. The van der Waals surface area contributed by atoms with Gasteiger partial charge >= 0.3 is 6.18 Å². The molecule has 0 unspecified atom stereocenters. The summed E-state index contributed by atoms with van der Waals surface area (Å²) < 4.78 is 51.9. The third-order valence-corrected chi connectivity index (χ3v) is 4.56. The summed E-state index contributed by atoms with van der Waals surface area (Å²) in [6.07, 6.45) is -2.69. The molecule has 9 heteroatoms. The Kier molecular flexibility index (Phi) is 6.05. The molecule has 1 N–H and O–H groups in total. The van der Waals surface area contributed by atoms with Crippen LogP contribution >= 0.6 is 23.2 Å². The topological polar surface area (TPSA) is 37.8 Å². The van der Waals surface area contributed by atoms with Crippen molar-refractivity contribution in [2.75, 3.05) is 11.9 Å². The van der Waals surface area contributed by atoms with E-state index in [1.165, 1.54) is 30.6 Å². The van der Waals surface area contributed by atoms with E-state index in [4.69, 9.17) is 23.2 Å². The molecule has 0 aliphatic heterocycles. The van der Waals surface area contributed by atoms with Crippen LogP contribution in [0.3, 0.4) is 0 Å². The Bertz CT molecular complexity index is 993. The number of rotatable bonds is 5. The molecule has 1 heterocycles. The molecular weight excluding hydrogens is 417 g/mol. The Morgan fingerprint density at radius 1 is 0.929 bits per heavy atom. The number of halogens is 6. The van der Waals surface area contributed by atoms with Gasteiger partial charge in [-0.2, -0.15) is 13.2 Å². The van der Waals surface area contributed by atoms with E-state index in [0.29, 0.717) is 30.0 Å². The standard InChI is InChI=1S/C19H13Cl2F4N3/c20-14-4-1-11(7-16(14)22)5-6-26-18-9-17(27-10-28-18)12-2-3-13(15(21)8-12)19(23,24)25/h1-4,7-10H,5-6H2,(H,26,27,28). The van der Waals surface area contributed by atoms with E-state index in [0.717, 1.165) is 11.6 Å². The average Bonchev–Trinajstić information content (AvgIpc) is 2.64. The van der Waals surface area contributed by atoms with Crippen molar-refractivity contribution in [3.8, 4) is 11.3 Å². The highest BCUT2D eigenvalue weighted by atomic mass is 35.5. The van der Waals surface area contributed by atoms with Crippen molar-refractivity contribution in [1.82, 2.24) is 9.97 Å². The molecule has 0 spiro atoms. The third-order valence-electron chi connectivity index (χ3n) is 3.94. The first-order valence-corrected chi connectivity index (χ1v) is 8.86. The highest BCUT2D eigenvalue weighted by molar-refractivity contribution is 6.31. The molecule has 146 valence electrons. The number of hydrogen-bond donors (Lipinski definition) is 1. The van der Waals surface area contributed by atoms with Crippen molar-refractivity contribution in [3.63, 3.8) is 0 Å². The lowest BCUT2D eigenvalue weighted by atomic mass is 10.1. The van der Waals surface area contributed by atoms with Crippen LogP contribution in [0.4, 0.5) is 23.4 Å². The van der Waals surface area contributed by atoms with Crippen LogP contribution < -0.4 is 5.32 Å². The fraction of sp³-hybridized carbons (Fsp3) is 0.158. The van der Waals surface area contributed by atoms with Crippen molar-refractivity contribution < 1.29 is 17.6 Å². The number of anilines is 1. The van der Waals surface area contributed by atoms with E-state index >= 15 is 0 Å². The summed E-state index contributed by atoms with van der Waals surface area (Å²) in [6, 6.07) is 9.61. The molecule has 0 bridgehead atoms. The molecule has 0 fully saturated rings. The first-order chi connectivity index (χ1) is 13.2. The molecular formula is C19H13Cl2F4N3. The van der Waals surface area contributed by atoms with Crippen molar-refractivity contribution in [2.24, 2.45) is 0 Å². The number of hydrogen-bond acceptors (Lipinski definition) is 3.